The van der Waals surface area contributed by atoms with Gasteiger partial charge in [-0.05, 0) is 51.4 Å². The first-order chi connectivity index (χ1) is 11.6. The number of hydrogen-bond donors (Lipinski definition) is 2. The van der Waals surface area contributed by atoms with E-state index >= 15 is 0 Å². The minimum atomic E-state index is -0.0749. The number of thiazole rings is 1. The molecule has 132 valence electrons. The van der Waals surface area contributed by atoms with Gasteiger partial charge >= 0.3 is 0 Å². The molecular formula is C19H29N3OS. The van der Waals surface area contributed by atoms with Crippen molar-refractivity contribution in [1.29, 1.82) is 0 Å². The number of aliphatic hydroxyl groups excluding tert-OH is 1. The first kappa shape index (κ1) is 17.8. The maximum Gasteiger partial charge on any atom is 0.0982 e. The molecule has 0 saturated carbocycles. The predicted molar refractivity (Wildman–Crippen MR) is 102 cm³/mol. The molecule has 1 fully saturated rings. The van der Waals surface area contributed by atoms with E-state index in [1.54, 1.807) is 0 Å². The van der Waals surface area contributed by atoms with Gasteiger partial charge in [-0.25, -0.2) is 4.98 Å². The number of nitrogens with zero attached hydrogens (tertiary/aromatic N) is 2. The van der Waals surface area contributed by atoms with Gasteiger partial charge in [-0.3, -0.25) is 0 Å². The standard InChI is InChI=1S/C19H29N3OS/c1-14(19-21-17-6-3-4-7-18(17)24-19)15(2)20-10-5-11-22-12-8-16(23)9-13-22/h3-4,6-7,14-16,20,23H,5,8-13H2,1-2H3. The molecule has 2 unspecified atom stereocenters. The number of hydrogen-bond acceptors (Lipinski definition) is 5. The number of aromatic nitrogens is 1. The number of nitrogens with one attached hydrogen (secondary N) is 1. The van der Waals surface area contributed by atoms with Gasteiger partial charge in [0.15, 0.2) is 0 Å². The molecular weight excluding hydrogens is 318 g/mol. The summed E-state index contributed by atoms with van der Waals surface area (Å²) in [4.78, 5) is 7.26. The van der Waals surface area contributed by atoms with Crippen LogP contribution in [0.1, 0.15) is 44.0 Å². The normalized spacial score (nSPS) is 19.6. The van der Waals surface area contributed by atoms with Crippen LogP contribution in [0.3, 0.4) is 0 Å². The lowest BCUT2D eigenvalue weighted by molar-refractivity contribution is 0.0820. The van der Waals surface area contributed by atoms with Crippen molar-refractivity contribution < 1.29 is 5.11 Å². The van der Waals surface area contributed by atoms with E-state index in [4.69, 9.17) is 4.98 Å². The Bertz CT molecular complexity index is 603. The van der Waals surface area contributed by atoms with Crippen LogP contribution in [-0.2, 0) is 0 Å². The number of rotatable bonds is 7. The average Bonchev–Trinajstić information content (AvgIpc) is 3.03. The molecule has 2 N–H and O–H groups in total. The van der Waals surface area contributed by atoms with E-state index in [1.165, 1.54) is 9.71 Å². The van der Waals surface area contributed by atoms with Crippen molar-refractivity contribution in [2.75, 3.05) is 26.2 Å². The molecule has 5 heteroatoms. The van der Waals surface area contributed by atoms with Crippen molar-refractivity contribution in [3.63, 3.8) is 0 Å². The van der Waals surface area contributed by atoms with Crippen LogP contribution < -0.4 is 5.32 Å². The predicted octanol–water partition coefficient (Wildman–Crippen LogP) is 3.22. The van der Waals surface area contributed by atoms with Crippen molar-refractivity contribution in [2.45, 2.75) is 51.2 Å². The Labute approximate surface area is 148 Å². The Hall–Kier alpha value is -1.01. The van der Waals surface area contributed by atoms with Gasteiger partial charge in [0.2, 0.25) is 0 Å². The molecule has 1 aromatic carbocycles. The number of aliphatic hydroxyl groups is 1. The van der Waals surface area contributed by atoms with Crippen molar-refractivity contribution >= 4 is 21.6 Å². The third kappa shape index (κ3) is 4.54. The van der Waals surface area contributed by atoms with Gasteiger partial charge in [0.25, 0.3) is 0 Å². The highest BCUT2D eigenvalue weighted by Crippen LogP contribution is 2.29. The van der Waals surface area contributed by atoms with Crippen molar-refractivity contribution in [3.8, 4) is 0 Å². The van der Waals surface area contributed by atoms with Crippen LogP contribution in [0.25, 0.3) is 10.2 Å². The third-order valence-corrected chi connectivity index (χ3v) is 6.36. The van der Waals surface area contributed by atoms with E-state index < -0.39 is 0 Å². The fourth-order valence-electron chi connectivity index (χ4n) is 3.25. The van der Waals surface area contributed by atoms with Crippen LogP contribution >= 0.6 is 11.3 Å². The molecule has 1 aliphatic rings. The van der Waals surface area contributed by atoms with Crippen LogP contribution in [0.4, 0.5) is 0 Å². The minimum absolute atomic E-state index is 0.0749. The topological polar surface area (TPSA) is 48.4 Å². The molecule has 1 aliphatic heterocycles. The van der Waals surface area contributed by atoms with E-state index in [-0.39, 0.29) is 6.10 Å². The highest BCUT2D eigenvalue weighted by Gasteiger charge is 2.19. The Morgan fingerprint density at radius 2 is 2.04 bits per heavy atom. The largest absolute Gasteiger partial charge is 0.393 e. The average molecular weight is 348 g/mol. The fraction of sp³-hybridized carbons (Fsp3) is 0.632. The van der Waals surface area contributed by atoms with Gasteiger partial charge in [0.05, 0.1) is 21.3 Å². The molecule has 4 nitrogen and oxygen atoms in total. The molecule has 1 saturated heterocycles. The van der Waals surface area contributed by atoms with Crippen LogP contribution in [0.2, 0.25) is 0 Å². The van der Waals surface area contributed by atoms with Gasteiger partial charge in [-0.1, -0.05) is 19.1 Å². The van der Waals surface area contributed by atoms with Gasteiger partial charge in [0.1, 0.15) is 0 Å². The molecule has 2 atom stereocenters. The number of piperidine rings is 1. The Kier molecular flexibility index (Phi) is 6.22. The smallest absolute Gasteiger partial charge is 0.0982 e. The van der Waals surface area contributed by atoms with E-state index in [2.05, 4.69) is 48.3 Å². The second-order valence-electron chi connectivity index (χ2n) is 6.98. The first-order valence-corrected chi connectivity index (χ1v) is 9.94. The molecule has 3 rings (SSSR count). The summed E-state index contributed by atoms with van der Waals surface area (Å²) in [7, 11) is 0. The van der Waals surface area contributed by atoms with Crippen molar-refractivity contribution in [3.05, 3.63) is 29.3 Å². The van der Waals surface area contributed by atoms with Crippen LogP contribution in [0.15, 0.2) is 24.3 Å². The van der Waals surface area contributed by atoms with Crippen LogP contribution in [0.5, 0.6) is 0 Å². The summed E-state index contributed by atoms with van der Waals surface area (Å²) in [6.07, 6.45) is 2.94. The van der Waals surface area contributed by atoms with E-state index in [0.717, 1.165) is 51.0 Å². The highest BCUT2D eigenvalue weighted by molar-refractivity contribution is 7.18. The van der Waals surface area contributed by atoms with Crippen molar-refractivity contribution in [1.82, 2.24) is 15.2 Å². The number of fused-ring (bicyclic) bond motifs is 1. The summed E-state index contributed by atoms with van der Waals surface area (Å²) in [6.45, 7) is 8.77. The maximum atomic E-state index is 9.55. The monoisotopic (exact) mass is 347 g/mol. The zero-order chi connectivity index (χ0) is 16.9. The Balaban J connectivity index is 1.42. The van der Waals surface area contributed by atoms with Gasteiger partial charge in [0, 0.05) is 25.0 Å². The first-order valence-electron chi connectivity index (χ1n) is 9.13. The zero-order valence-corrected chi connectivity index (χ0v) is 15.6. The van der Waals surface area contributed by atoms with Crippen LogP contribution in [0, 0.1) is 0 Å². The number of likely N-dealkylation sites (tertiary alicyclic amines) is 1. The Morgan fingerprint density at radius 1 is 1.29 bits per heavy atom. The molecule has 24 heavy (non-hydrogen) atoms. The lowest BCUT2D eigenvalue weighted by atomic mass is 10.0. The Morgan fingerprint density at radius 3 is 2.79 bits per heavy atom. The maximum absolute atomic E-state index is 9.55. The SMILES string of the molecule is CC(NCCCN1CCC(O)CC1)C(C)c1nc2ccccc2s1. The molecule has 2 heterocycles. The summed E-state index contributed by atoms with van der Waals surface area (Å²) in [5.41, 5.74) is 1.11. The molecule has 0 amide bonds. The van der Waals surface area contributed by atoms with E-state index in [9.17, 15) is 5.11 Å². The third-order valence-electron chi connectivity index (χ3n) is 5.12. The molecule has 0 radical (unpaired) electrons. The molecule has 1 aromatic heterocycles. The molecule has 2 aromatic rings. The molecule has 0 bridgehead atoms. The van der Waals surface area contributed by atoms with Gasteiger partial charge in [-0.15, -0.1) is 11.3 Å². The summed E-state index contributed by atoms with van der Waals surface area (Å²) in [6, 6.07) is 8.80. The zero-order valence-electron chi connectivity index (χ0n) is 14.7. The van der Waals surface area contributed by atoms with Gasteiger partial charge in [-0.2, -0.15) is 0 Å². The van der Waals surface area contributed by atoms with Crippen LogP contribution in [-0.4, -0.2) is 53.3 Å². The second-order valence-corrected chi connectivity index (χ2v) is 8.04. The fourth-order valence-corrected chi connectivity index (χ4v) is 4.37. The lowest BCUT2D eigenvalue weighted by Crippen LogP contribution is -2.38. The molecule has 0 aliphatic carbocycles. The lowest BCUT2D eigenvalue weighted by Gasteiger charge is -2.29. The number of para-hydroxylation sites is 1. The summed E-state index contributed by atoms with van der Waals surface area (Å²) in [5, 5.41) is 14.4. The van der Waals surface area contributed by atoms with Crippen molar-refractivity contribution in [2.24, 2.45) is 0 Å². The highest BCUT2D eigenvalue weighted by atomic mass is 32.1. The minimum Gasteiger partial charge on any atom is -0.393 e. The summed E-state index contributed by atoms with van der Waals surface area (Å²) in [5.74, 6) is 0.424. The number of benzene rings is 1. The quantitative estimate of drug-likeness (QED) is 0.755. The summed E-state index contributed by atoms with van der Waals surface area (Å²) < 4.78 is 1.28. The summed E-state index contributed by atoms with van der Waals surface area (Å²) >= 11 is 1.81. The molecule has 0 spiro atoms. The second kappa shape index (κ2) is 8.39. The van der Waals surface area contributed by atoms with E-state index in [0.29, 0.717) is 12.0 Å². The van der Waals surface area contributed by atoms with E-state index in [1.807, 2.05) is 11.3 Å². The van der Waals surface area contributed by atoms with Gasteiger partial charge < -0.3 is 15.3 Å².